The van der Waals surface area contributed by atoms with Crippen LogP contribution in [-0.4, -0.2) is 23.4 Å². The SMILES string of the molecule is Cc1cc(C(=O)C2CCOCC2)sn1. The second-order valence-corrected chi connectivity index (χ2v) is 4.39. The topological polar surface area (TPSA) is 39.2 Å². The molecule has 14 heavy (non-hydrogen) atoms. The molecule has 1 aliphatic heterocycles. The number of carbonyl (C=O) groups excluding carboxylic acids is 1. The van der Waals surface area contributed by atoms with Gasteiger partial charge in [-0.15, -0.1) is 0 Å². The highest BCUT2D eigenvalue weighted by Crippen LogP contribution is 2.22. The van der Waals surface area contributed by atoms with E-state index in [2.05, 4.69) is 4.37 Å². The van der Waals surface area contributed by atoms with Crippen molar-refractivity contribution >= 4 is 17.3 Å². The van der Waals surface area contributed by atoms with Crippen LogP contribution in [0, 0.1) is 12.8 Å². The number of ether oxygens (including phenoxy) is 1. The average Bonchev–Trinajstić information content (AvgIpc) is 2.65. The zero-order chi connectivity index (χ0) is 9.97. The van der Waals surface area contributed by atoms with E-state index in [0.29, 0.717) is 13.2 Å². The highest BCUT2D eigenvalue weighted by Gasteiger charge is 2.23. The average molecular weight is 211 g/mol. The summed E-state index contributed by atoms with van der Waals surface area (Å²) in [5, 5.41) is 0. The molecule has 0 aromatic carbocycles. The monoisotopic (exact) mass is 211 g/mol. The van der Waals surface area contributed by atoms with E-state index in [1.807, 2.05) is 13.0 Å². The molecule has 0 aliphatic carbocycles. The molecule has 0 N–H and O–H groups in total. The van der Waals surface area contributed by atoms with Gasteiger partial charge in [-0.3, -0.25) is 4.79 Å². The molecule has 0 atom stereocenters. The highest BCUT2D eigenvalue weighted by molar-refractivity contribution is 7.08. The summed E-state index contributed by atoms with van der Waals surface area (Å²) in [7, 11) is 0. The van der Waals surface area contributed by atoms with E-state index in [0.717, 1.165) is 23.4 Å². The molecule has 0 radical (unpaired) electrons. The maximum atomic E-state index is 11.9. The van der Waals surface area contributed by atoms with Gasteiger partial charge in [0.05, 0.1) is 10.6 Å². The van der Waals surface area contributed by atoms with Crippen LogP contribution in [0.4, 0.5) is 0 Å². The van der Waals surface area contributed by atoms with Crippen LogP contribution in [0.1, 0.15) is 28.2 Å². The van der Waals surface area contributed by atoms with Gasteiger partial charge in [-0.2, -0.15) is 4.37 Å². The molecule has 2 heterocycles. The molecule has 0 spiro atoms. The van der Waals surface area contributed by atoms with Crippen LogP contribution >= 0.6 is 11.5 Å². The van der Waals surface area contributed by atoms with Gasteiger partial charge < -0.3 is 4.74 Å². The summed E-state index contributed by atoms with van der Waals surface area (Å²) in [6.07, 6.45) is 1.71. The normalized spacial score (nSPS) is 18.4. The molecule has 4 heteroatoms. The van der Waals surface area contributed by atoms with Gasteiger partial charge in [0.15, 0.2) is 5.78 Å². The fraction of sp³-hybridized carbons (Fsp3) is 0.600. The first-order valence-electron chi connectivity index (χ1n) is 4.82. The van der Waals surface area contributed by atoms with Gasteiger partial charge in [0.2, 0.25) is 0 Å². The van der Waals surface area contributed by atoms with Crippen LogP contribution in [0.5, 0.6) is 0 Å². The molecule has 1 aliphatic rings. The number of hydrogen-bond acceptors (Lipinski definition) is 4. The smallest absolute Gasteiger partial charge is 0.177 e. The Kier molecular flexibility index (Phi) is 2.93. The number of nitrogens with zero attached hydrogens (tertiary/aromatic N) is 1. The van der Waals surface area contributed by atoms with Crippen LogP contribution in [0.3, 0.4) is 0 Å². The van der Waals surface area contributed by atoms with E-state index in [1.165, 1.54) is 11.5 Å². The molecule has 0 unspecified atom stereocenters. The van der Waals surface area contributed by atoms with Gasteiger partial charge in [0, 0.05) is 19.1 Å². The Morgan fingerprint density at radius 3 is 2.86 bits per heavy atom. The number of aromatic nitrogens is 1. The van der Waals surface area contributed by atoms with E-state index >= 15 is 0 Å². The second-order valence-electron chi connectivity index (χ2n) is 3.58. The van der Waals surface area contributed by atoms with Crippen LogP contribution in [0.15, 0.2) is 6.07 Å². The van der Waals surface area contributed by atoms with E-state index < -0.39 is 0 Å². The Bertz CT molecular complexity index is 329. The molecule has 3 nitrogen and oxygen atoms in total. The number of Topliss-reactive ketones (excluding diaryl/α,β-unsaturated/α-hetero) is 1. The lowest BCUT2D eigenvalue weighted by Crippen LogP contribution is -2.22. The molecule has 2 rings (SSSR count). The summed E-state index contributed by atoms with van der Waals surface area (Å²) in [6, 6.07) is 1.88. The molecule has 1 fully saturated rings. The van der Waals surface area contributed by atoms with Crippen molar-refractivity contribution in [2.45, 2.75) is 19.8 Å². The zero-order valence-electron chi connectivity index (χ0n) is 8.16. The summed E-state index contributed by atoms with van der Waals surface area (Å²) in [4.78, 5) is 12.7. The van der Waals surface area contributed by atoms with E-state index in [1.54, 1.807) is 0 Å². The zero-order valence-corrected chi connectivity index (χ0v) is 8.97. The largest absolute Gasteiger partial charge is 0.381 e. The molecule has 0 bridgehead atoms. The standard InChI is InChI=1S/C10H13NO2S/c1-7-6-9(14-11-7)10(12)8-2-4-13-5-3-8/h6,8H,2-5H2,1H3. The number of carbonyl (C=O) groups is 1. The fourth-order valence-corrected chi connectivity index (χ4v) is 2.42. The third-order valence-electron chi connectivity index (χ3n) is 2.46. The number of hydrogen-bond donors (Lipinski definition) is 0. The van der Waals surface area contributed by atoms with Gasteiger partial charge in [-0.05, 0) is 37.4 Å². The number of aryl methyl sites for hydroxylation is 1. The fourth-order valence-electron chi connectivity index (χ4n) is 1.64. The molecule has 0 saturated carbocycles. The lowest BCUT2D eigenvalue weighted by molar-refractivity contribution is 0.0547. The molecular weight excluding hydrogens is 198 g/mol. The molecule has 1 aromatic heterocycles. The highest BCUT2D eigenvalue weighted by atomic mass is 32.1. The van der Waals surface area contributed by atoms with E-state index in [4.69, 9.17) is 4.74 Å². The summed E-state index contributed by atoms with van der Waals surface area (Å²) in [5.41, 5.74) is 0.936. The van der Waals surface area contributed by atoms with Gasteiger partial charge in [-0.1, -0.05) is 0 Å². The molecule has 0 amide bonds. The van der Waals surface area contributed by atoms with Crippen LogP contribution in [0.2, 0.25) is 0 Å². The Morgan fingerprint density at radius 1 is 1.57 bits per heavy atom. The first-order valence-corrected chi connectivity index (χ1v) is 5.60. The Balaban J connectivity index is 2.07. The number of rotatable bonds is 2. The third kappa shape index (κ3) is 2.01. The van der Waals surface area contributed by atoms with Crippen molar-refractivity contribution in [1.29, 1.82) is 0 Å². The van der Waals surface area contributed by atoms with Crippen molar-refractivity contribution in [2.24, 2.45) is 5.92 Å². The Hall–Kier alpha value is -0.740. The first kappa shape index (κ1) is 9.80. The van der Waals surface area contributed by atoms with Crippen molar-refractivity contribution in [3.05, 3.63) is 16.6 Å². The Labute approximate surface area is 87.3 Å². The van der Waals surface area contributed by atoms with Crippen molar-refractivity contribution in [3.63, 3.8) is 0 Å². The van der Waals surface area contributed by atoms with Gasteiger partial charge in [0.1, 0.15) is 0 Å². The minimum Gasteiger partial charge on any atom is -0.381 e. The van der Waals surface area contributed by atoms with E-state index in [-0.39, 0.29) is 11.7 Å². The van der Waals surface area contributed by atoms with Gasteiger partial charge >= 0.3 is 0 Å². The maximum Gasteiger partial charge on any atom is 0.177 e. The summed E-state index contributed by atoms with van der Waals surface area (Å²) < 4.78 is 9.35. The van der Waals surface area contributed by atoms with Crippen molar-refractivity contribution < 1.29 is 9.53 Å². The quantitative estimate of drug-likeness (QED) is 0.703. The summed E-state index contributed by atoms with van der Waals surface area (Å²) in [5.74, 6) is 0.405. The number of ketones is 1. The van der Waals surface area contributed by atoms with Gasteiger partial charge in [-0.25, -0.2) is 0 Å². The minimum atomic E-state index is 0.156. The predicted octanol–water partition coefficient (Wildman–Crippen LogP) is 2.06. The van der Waals surface area contributed by atoms with Crippen molar-refractivity contribution in [3.8, 4) is 0 Å². The molecule has 76 valence electrons. The second kappa shape index (κ2) is 4.19. The Morgan fingerprint density at radius 2 is 2.29 bits per heavy atom. The van der Waals surface area contributed by atoms with Gasteiger partial charge in [0.25, 0.3) is 0 Å². The van der Waals surface area contributed by atoms with Crippen LogP contribution in [0.25, 0.3) is 0 Å². The predicted molar refractivity (Wildman–Crippen MR) is 54.7 cm³/mol. The van der Waals surface area contributed by atoms with Crippen molar-refractivity contribution in [2.75, 3.05) is 13.2 Å². The van der Waals surface area contributed by atoms with Crippen LogP contribution in [-0.2, 0) is 4.74 Å². The van der Waals surface area contributed by atoms with E-state index in [9.17, 15) is 4.79 Å². The van der Waals surface area contributed by atoms with Crippen LogP contribution < -0.4 is 0 Å². The minimum absolute atomic E-state index is 0.156. The molecular formula is C10H13NO2S. The third-order valence-corrected chi connectivity index (χ3v) is 3.36. The maximum absolute atomic E-state index is 11.9. The lowest BCUT2D eigenvalue weighted by atomic mass is 9.94. The lowest BCUT2D eigenvalue weighted by Gasteiger charge is -2.19. The van der Waals surface area contributed by atoms with Crippen molar-refractivity contribution in [1.82, 2.24) is 4.37 Å². The molecule has 1 saturated heterocycles. The molecule has 1 aromatic rings. The first-order chi connectivity index (χ1) is 6.77. The summed E-state index contributed by atoms with van der Waals surface area (Å²) >= 11 is 1.31. The summed E-state index contributed by atoms with van der Waals surface area (Å²) in [6.45, 7) is 3.35.